The van der Waals surface area contributed by atoms with E-state index in [1.807, 2.05) is 6.07 Å². The molecule has 0 atom stereocenters. The molecule has 25 heavy (non-hydrogen) atoms. The van der Waals surface area contributed by atoms with Crippen LogP contribution in [0.4, 0.5) is 4.39 Å². The lowest BCUT2D eigenvalue weighted by Crippen LogP contribution is -2.46. The third-order valence-electron chi connectivity index (χ3n) is 4.54. The normalized spacial score (nSPS) is 15.6. The Morgan fingerprint density at radius 1 is 0.880 bits per heavy atom. The highest BCUT2D eigenvalue weighted by molar-refractivity contribution is 5.96. The first-order valence-corrected chi connectivity index (χ1v) is 8.48. The molecule has 0 amide bonds. The van der Waals surface area contributed by atoms with E-state index in [-0.39, 0.29) is 24.0 Å². The zero-order valence-electron chi connectivity index (χ0n) is 14.2. The van der Waals surface area contributed by atoms with Gasteiger partial charge in [0.15, 0.2) is 5.78 Å². The third kappa shape index (κ3) is 5.92. The second-order valence-corrected chi connectivity index (χ2v) is 6.28. The van der Waals surface area contributed by atoms with Crippen LogP contribution in [0.2, 0.25) is 0 Å². The Hall–Kier alpha value is -1.75. The Labute approximate surface area is 154 Å². The third-order valence-corrected chi connectivity index (χ3v) is 4.54. The molecule has 0 bridgehead atoms. The van der Waals surface area contributed by atoms with Gasteiger partial charge in [0.2, 0.25) is 0 Å². The molecule has 134 valence electrons. The molecule has 0 radical (unpaired) electrons. The van der Waals surface area contributed by atoms with Crippen LogP contribution in [-0.2, 0) is 6.54 Å². The van der Waals surface area contributed by atoms with E-state index < -0.39 is 0 Å². The number of benzene rings is 2. The van der Waals surface area contributed by atoms with E-state index in [9.17, 15) is 9.18 Å². The maximum absolute atomic E-state index is 12.9. The highest BCUT2D eigenvalue weighted by Gasteiger charge is 2.17. The molecular weight excluding hydrogens is 339 g/mol. The first-order valence-electron chi connectivity index (χ1n) is 8.48. The molecule has 0 aliphatic carbocycles. The average Bonchev–Trinajstić information content (AvgIpc) is 2.62. The number of piperazine rings is 1. The van der Waals surface area contributed by atoms with Crippen LogP contribution in [0.25, 0.3) is 0 Å². The summed E-state index contributed by atoms with van der Waals surface area (Å²) in [4.78, 5) is 16.9. The van der Waals surface area contributed by atoms with Gasteiger partial charge < -0.3 is 4.90 Å². The molecule has 5 heteroatoms. The van der Waals surface area contributed by atoms with E-state index in [0.29, 0.717) is 12.0 Å². The van der Waals surface area contributed by atoms with Crippen LogP contribution < -0.4 is 0 Å². The van der Waals surface area contributed by atoms with Crippen molar-refractivity contribution in [3.8, 4) is 0 Å². The fourth-order valence-electron chi connectivity index (χ4n) is 3.05. The molecule has 0 unspecified atom stereocenters. The topological polar surface area (TPSA) is 23.6 Å². The van der Waals surface area contributed by atoms with Gasteiger partial charge in [-0.15, -0.1) is 12.4 Å². The fourth-order valence-corrected chi connectivity index (χ4v) is 3.05. The molecular formula is C20H24ClFN2O. The molecule has 0 N–H and O–H groups in total. The predicted octanol–water partition coefficient (Wildman–Crippen LogP) is 3.64. The molecule has 0 aromatic heterocycles. The largest absolute Gasteiger partial charge is 0.300 e. The van der Waals surface area contributed by atoms with Crippen molar-refractivity contribution in [2.24, 2.45) is 0 Å². The first-order chi connectivity index (χ1) is 11.7. The van der Waals surface area contributed by atoms with Crippen LogP contribution in [0.3, 0.4) is 0 Å². The van der Waals surface area contributed by atoms with Crippen molar-refractivity contribution in [3.63, 3.8) is 0 Å². The van der Waals surface area contributed by atoms with Gasteiger partial charge in [-0.3, -0.25) is 9.69 Å². The van der Waals surface area contributed by atoms with Gasteiger partial charge in [0.05, 0.1) is 0 Å². The second kappa shape index (κ2) is 9.66. The summed E-state index contributed by atoms with van der Waals surface area (Å²) in [6.45, 7) is 5.80. The van der Waals surface area contributed by atoms with Gasteiger partial charge in [-0.25, -0.2) is 4.39 Å². The molecule has 3 nitrogen and oxygen atoms in total. The Morgan fingerprint density at radius 2 is 1.48 bits per heavy atom. The molecule has 2 aromatic rings. The number of halogens is 2. The van der Waals surface area contributed by atoms with Gasteiger partial charge in [-0.05, 0) is 29.8 Å². The number of Topliss-reactive ketones (excluding diaryl/α,β-unsaturated/α-hetero) is 1. The van der Waals surface area contributed by atoms with E-state index in [1.54, 1.807) is 12.1 Å². The molecule has 2 aromatic carbocycles. The van der Waals surface area contributed by atoms with Crippen molar-refractivity contribution in [3.05, 3.63) is 71.5 Å². The van der Waals surface area contributed by atoms with Gasteiger partial charge in [0, 0.05) is 51.3 Å². The summed E-state index contributed by atoms with van der Waals surface area (Å²) in [5.74, 6) is -0.220. The number of carbonyl (C=O) groups is 1. The number of nitrogens with zero attached hydrogens (tertiary/aromatic N) is 2. The average molecular weight is 363 g/mol. The molecule has 0 saturated carbocycles. The molecule has 1 aliphatic heterocycles. The van der Waals surface area contributed by atoms with Crippen molar-refractivity contribution in [1.29, 1.82) is 0 Å². The summed E-state index contributed by atoms with van der Waals surface area (Å²) < 4.78 is 12.9. The standard InChI is InChI=1S/C20H23FN2O.ClH/c21-19-8-6-18(7-9-19)20(24)10-11-22-12-14-23(15-13-22)16-17-4-2-1-3-5-17;/h1-9H,10-16H2;1H. The zero-order valence-corrected chi connectivity index (χ0v) is 15.1. The van der Waals surface area contributed by atoms with E-state index in [0.717, 1.165) is 39.3 Å². The minimum atomic E-state index is -0.305. The number of ketones is 1. The van der Waals surface area contributed by atoms with E-state index in [4.69, 9.17) is 0 Å². The van der Waals surface area contributed by atoms with Gasteiger partial charge in [0.25, 0.3) is 0 Å². The smallest absolute Gasteiger partial charge is 0.164 e. The Kier molecular flexibility index (Phi) is 7.56. The monoisotopic (exact) mass is 362 g/mol. The Morgan fingerprint density at radius 3 is 2.12 bits per heavy atom. The number of rotatable bonds is 6. The van der Waals surface area contributed by atoms with Gasteiger partial charge in [-0.1, -0.05) is 30.3 Å². The predicted molar refractivity (Wildman–Crippen MR) is 101 cm³/mol. The van der Waals surface area contributed by atoms with Crippen LogP contribution >= 0.6 is 12.4 Å². The van der Waals surface area contributed by atoms with Crippen LogP contribution in [0.15, 0.2) is 54.6 Å². The molecule has 1 aliphatic rings. The van der Waals surface area contributed by atoms with Crippen molar-refractivity contribution in [2.45, 2.75) is 13.0 Å². The van der Waals surface area contributed by atoms with Crippen molar-refractivity contribution < 1.29 is 9.18 Å². The Balaban J connectivity index is 0.00000225. The number of hydrogen-bond acceptors (Lipinski definition) is 3. The molecule has 3 rings (SSSR count). The summed E-state index contributed by atoms with van der Waals surface area (Å²) in [5, 5.41) is 0. The van der Waals surface area contributed by atoms with Crippen LogP contribution in [0.5, 0.6) is 0 Å². The van der Waals surface area contributed by atoms with Gasteiger partial charge in [0.1, 0.15) is 5.82 Å². The lowest BCUT2D eigenvalue weighted by atomic mass is 10.1. The minimum Gasteiger partial charge on any atom is -0.300 e. The zero-order chi connectivity index (χ0) is 16.8. The van der Waals surface area contributed by atoms with Gasteiger partial charge >= 0.3 is 0 Å². The maximum atomic E-state index is 12.9. The quantitative estimate of drug-likeness (QED) is 0.733. The van der Waals surface area contributed by atoms with Crippen LogP contribution in [0, 0.1) is 5.82 Å². The number of hydrogen-bond donors (Lipinski definition) is 0. The Bertz CT molecular complexity index is 655. The highest BCUT2D eigenvalue weighted by Crippen LogP contribution is 2.10. The fraction of sp³-hybridized carbons (Fsp3) is 0.350. The van der Waals surface area contributed by atoms with Gasteiger partial charge in [-0.2, -0.15) is 0 Å². The molecule has 1 heterocycles. The van der Waals surface area contributed by atoms with Crippen LogP contribution in [0.1, 0.15) is 22.3 Å². The summed E-state index contributed by atoms with van der Waals surface area (Å²) in [7, 11) is 0. The van der Waals surface area contributed by atoms with E-state index >= 15 is 0 Å². The minimum absolute atomic E-state index is 0. The SMILES string of the molecule is Cl.O=C(CCN1CCN(Cc2ccccc2)CC1)c1ccc(F)cc1. The summed E-state index contributed by atoms with van der Waals surface area (Å²) in [6.07, 6.45) is 0.490. The van der Waals surface area contributed by atoms with Crippen molar-refractivity contribution in [1.82, 2.24) is 9.80 Å². The second-order valence-electron chi connectivity index (χ2n) is 6.28. The lowest BCUT2D eigenvalue weighted by molar-refractivity contribution is 0.0922. The van der Waals surface area contributed by atoms with Crippen LogP contribution in [-0.4, -0.2) is 48.3 Å². The number of carbonyl (C=O) groups excluding carboxylic acids is 1. The molecule has 0 spiro atoms. The highest BCUT2D eigenvalue weighted by atomic mass is 35.5. The molecule has 1 saturated heterocycles. The van der Waals surface area contributed by atoms with Crippen molar-refractivity contribution in [2.75, 3.05) is 32.7 Å². The maximum Gasteiger partial charge on any atom is 0.164 e. The summed E-state index contributed by atoms with van der Waals surface area (Å²) in [5.41, 5.74) is 1.94. The lowest BCUT2D eigenvalue weighted by Gasteiger charge is -2.34. The summed E-state index contributed by atoms with van der Waals surface area (Å²) in [6, 6.07) is 16.3. The van der Waals surface area contributed by atoms with E-state index in [2.05, 4.69) is 34.1 Å². The van der Waals surface area contributed by atoms with E-state index in [1.165, 1.54) is 17.7 Å². The first kappa shape index (κ1) is 19.6. The summed E-state index contributed by atoms with van der Waals surface area (Å²) >= 11 is 0. The van der Waals surface area contributed by atoms with Crippen molar-refractivity contribution >= 4 is 18.2 Å². The molecule has 1 fully saturated rings.